The minimum atomic E-state index is -0.939. The molecule has 1 atom stereocenters. The van der Waals surface area contributed by atoms with Crippen LogP contribution in [0.4, 0.5) is 4.79 Å². The second-order valence-electron chi connectivity index (χ2n) is 2.92. The highest BCUT2D eigenvalue weighted by molar-refractivity contribution is 5.64. The Bertz CT molecular complexity index is 145. The van der Waals surface area contributed by atoms with Gasteiger partial charge < -0.3 is 15.7 Å². The Morgan fingerprint density at radius 2 is 2.36 bits per heavy atom. The maximum atomic E-state index is 10.1. The maximum absolute atomic E-state index is 10.1. The van der Waals surface area contributed by atoms with Crippen LogP contribution in [0.15, 0.2) is 0 Å². The quantitative estimate of drug-likeness (QED) is 0.549. The van der Waals surface area contributed by atoms with Gasteiger partial charge in [0, 0.05) is 12.6 Å². The SMILES string of the molecule is CNC(CNC(=O)O)C1CC1. The third-order valence-electron chi connectivity index (χ3n) is 2.04. The van der Waals surface area contributed by atoms with Crippen molar-refractivity contribution in [2.75, 3.05) is 13.6 Å². The van der Waals surface area contributed by atoms with Crippen LogP contribution in [0.3, 0.4) is 0 Å². The Labute approximate surface area is 66.0 Å². The van der Waals surface area contributed by atoms with Crippen molar-refractivity contribution in [2.45, 2.75) is 18.9 Å². The van der Waals surface area contributed by atoms with Crippen LogP contribution in [0.5, 0.6) is 0 Å². The standard InChI is InChI=1S/C7H14N2O2/c1-8-6(5-2-3-5)4-9-7(10)11/h5-6,8-9H,2-4H2,1H3,(H,10,11). The Kier molecular flexibility index (Phi) is 2.70. The van der Waals surface area contributed by atoms with Crippen molar-refractivity contribution in [1.29, 1.82) is 0 Å². The van der Waals surface area contributed by atoms with Crippen molar-refractivity contribution in [2.24, 2.45) is 5.92 Å². The van der Waals surface area contributed by atoms with Crippen molar-refractivity contribution in [3.8, 4) is 0 Å². The molecule has 0 saturated heterocycles. The number of carbonyl (C=O) groups is 1. The zero-order valence-electron chi connectivity index (χ0n) is 6.63. The number of rotatable bonds is 4. The van der Waals surface area contributed by atoms with Gasteiger partial charge in [0.15, 0.2) is 0 Å². The maximum Gasteiger partial charge on any atom is 0.404 e. The first kappa shape index (κ1) is 8.33. The molecule has 1 amide bonds. The van der Waals surface area contributed by atoms with Crippen LogP contribution in [0.1, 0.15) is 12.8 Å². The fourth-order valence-corrected chi connectivity index (χ4v) is 1.20. The smallest absolute Gasteiger partial charge is 0.404 e. The molecule has 4 nitrogen and oxygen atoms in total. The monoisotopic (exact) mass is 158 g/mol. The number of nitrogens with one attached hydrogen (secondary N) is 2. The van der Waals surface area contributed by atoms with Crippen LogP contribution in [-0.2, 0) is 0 Å². The van der Waals surface area contributed by atoms with Crippen LogP contribution in [0.25, 0.3) is 0 Å². The molecule has 64 valence electrons. The van der Waals surface area contributed by atoms with Crippen LogP contribution in [-0.4, -0.2) is 30.8 Å². The molecular formula is C7H14N2O2. The zero-order chi connectivity index (χ0) is 8.27. The third kappa shape index (κ3) is 2.76. The molecular weight excluding hydrogens is 144 g/mol. The van der Waals surface area contributed by atoms with E-state index < -0.39 is 6.09 Å². The normalized spacial score (nSPS) is 19.4. The largest absolute Gasteiger partial charge is 0.465 e. The van der Waals surface area contributed by atoms with E-state index in [2.05, 4.69) is 10.6 Å². The summed E-state index contributed by atoms with van der Waals surface area (Å²) in [5.41, 5.74) is 0. The van der Waals surface area contributed by atoms with E-state index in [1.54, 1.807) is 0 Å². The van der Waals surface area contributed by atoms with E-state index in [-0.39, 0.29) is 0 Å². The lowest BCUT2D eigenvalue weighted by atomic mass is 10.2. The minimum absolute atomic E-state index is 0.325. The van der Waals surface area contributed by atoms with Crippen LogP contribution in [0, 0.1) is 5.92 Å². The van der Waals surface area contributed by atoms with Crippen LogP contribution >= 0.6 is 0 Å². The number of hydrogen-bond acceptors (Lipinski definition) is 2. The summed E-state index contributed by atoms with van der Waals surface area (Å²) in [5.74, 6) is 0.687. The Hall–Kier alpha value is -0.770. The van der Waals surface area contributed by atoms with Gasteiger partial charge >= 0.3 is 6.09 Å². The molecule has 1 unspecified atom stereocenters. The second kappa shape index (κ2) is 3.57. The summed E-state index contributed by atoms with van der Waals surface area (Å²) >= 11 is 0. The highest BCUT2D eigenvalue weighted by Gasteiger charge is 2.29. The van der Waals surface area contributed by atoms with Gasteiger partial charge in [0.2, 0.25) is 0 Å². The van der Waals surface area contributed by atoms with Gasteiger partial charge in [0.1, 0.15) is 0 Å². The summed E-state index contributed by atoms with van der Waals surface area (Å²) in [6, 6.07) is 0.325. The molecule has 0 aromatic heterocycles. The topological polar surface area (TPSA) is 61.4 Å². The van der Waals surface area contributed by atoms with E-state index in [9.17, 15) is 4.79 Å². The summed E-state index contributed by atoms with van der Waals surface area (Å²) < 4.78 is 0. The number of likely N-dealkylation sites (N-methyl/N-ethyl adjacent to an activating group) is 1. The van der Waals surface area contributed by atoms with Crippen LogP contribution in [0.2, 0.25) is 0 Å². The summed E-state index contributed by atoms with van der Waals surface area (Å²) in [7, 11) is 1.87. The molecule has 1 aliphatic carbocycles. The molecule has 0 radical (unpaired) electrons. The van der Waals surface area contributed by atoms with Gasteiger partial charge in [-0.1, -0.05) is 0 Å². The van der Waals surface area contributed by atoms with E-state index in [1.165, 1.54) is 12.8 Å². The van der Waals surface area contributed by atoms with Gasteiger partial charge in [-0.05, 0) is 25.8 Å². The lowest BCUT2D eigenvalue weighted by Gasteiger charge is -2.14. The van der Waals surface area contributed by atoms with E-state index in [0.717, 1.165) is 0 Å². The van der Waals surface area contributed by atoms with Crippen molar-refractivity contribution >= 4 is 6.09 Å². The second-order valence-corrected chi connectivity index (χ2v) is 2.92. The van der Waals surface area contributed by atoms with Gasteiger partial charge in [-0.2, -0.15) is 0 Å². The summed E-state index contributed by atoms with van der Waals surface area (Å²) in [6.45, 7) is 0.524. The average molecular weight is 158 g/mol. The molecule has 3 N–H and O–H groups in total. The predicted octanol–water partition coefficient (Wildman–Crippen LogP) is 0.252. The van der Waals surface area contributed by atoms with E-state index in [4.69, 9.17) is 5.11 Å². The molecule has 0 aromatic carbocycles. The number of amides is 1. The molecule has 11 heavy (non-hydrogen) atoms. The number of hydrogen-bond donors (Lipinski definition) is 3. The van der Waals surface area contributed by atoms with Crippen molar-refractivity contribution in [1.82, 2.24) is 10.6 Å². The van der Waals surface area contributed by atoms with Gasteiger partial charge in [-0.3, -0.25) is 0 Å². The first-order valence-electron chi connectivity index (χ1n) is 3.88. The Balaban J connectivity index is 2.15. The van der Waals surface area contributed by atoms with Crippen molar-refractivity contribution < 1.29 is 9.90 Å². The van der Waals surface area contributed by atoms with Crippen LogP contribution < -0.4 is 10.6 Å². The van der Waals surface area contributed by atoms with Gasteiger partial charge in [-0.25, -0.2) is 4.79 Å². The molecule has 1 fully saturated rings. The lowest BCUT2D eigenvalue weighted by molar-refractivity contribution is 0.192. The van der Waals surface area contributed by atoms with Gasteiger partial charge in [0.25, 0.3) is 0 Å². The fraction of sp³-hybridized carbons (Fsp3) is 0.857. The third-order valence-corrected chi connectivity index (χ3v) is 2.04. The number of carboxylic acid groups (broad SMARTS) is 1. The summed E-state index contributed by atoms with van der Waals surface area (Å²) in [4.78, 5) is 10.1. The molecule has 4 heteroatoms. The lowest BCUT2D eigenvalue weighted by Crippen LogP contribution is -2.40. The highest BCUT2D eigenvalue weighted by Crippen LogP contribution is 2.32. The first-order valence-corrected chi connectivity index (χ1v) is 3.88. The predicted molar refractivity (Wildman–Crippen MR) is 41.6 cm³/mol. The summed E-state index contributed by atoms with van der Waals surface area (Å²) in [5, 5.41) is 13.8. The van der Waals surface area contributed by atoms with E-state index >= 15 is 0 Å². The molecule has 0 aliphatic heterocycles. The zero-order valence-corrected chi connectivity index (χ0v) is 6.63. The highest BCUT2D eigenvalue weighted by atomic mass is 16.4. The molecule has 0 bridgehead atoms. The molecule has 1 rings (SSSR count). The van der Waals surface area contributed by atoms with E-state index in [0.29, 0.717) is 18.5 Å². The Morgan fingerprint density at radius 1 is 1.73 bits per heavy atom. The minimum Gasteiger partial charge on any atom is -0.465 e. The Morgan fingerprint density at radius 3 is 2.73 bits per heavy atom. The fourth-order valence-electron chi connectivity index (χ4n) is 1.20. The summed E-state index contributed by atoms with van der Waals surface area (Å²) in [6.07, 6.45) is 1.52. The van der Waals surface area contributed by atoms with Crippen molar-refractivity contribution in [3.63, 3.8) is 0 Å². The molecule has 1 saturated carbocycles. The van der Waals surface area contributed by atoms with Gasteiger partial charge in [0.05, 0.1) is 0 Å². The van der Waals surface area contributed by atoms with Gasteiger partial charge in [-0.15, -0.1) is 0 Å². The molecule has 0 aromatic rings. The van der Waals surface area contributed by atoms with E-state index in [1.807, 2.05) is 7.05 Å². The molecule has 0 spiro atoms. The average Bonchev–Trinajstić information content (AvgIpc) is 2.72. The molecule has 0 heterocycles. The first-order chi connectivity index (χ1) is 5.24. The van der Waals surface area contributed by atoms with Crippen molar-refractivity contribution in [3.05, 3.63) is 0 Å². The molecule has 1 aliphatic rings.